The van der Waals surface area contributed by atoms with Gasteiger partial charge in [0.1, 0.15) is 11.8 Å². The normalized spacial score (nSPS) is 12.0. The summed E-state index contributed by atoms with van der Waals surface area (Å²) in [6.45, 7) is 0. The van der Waals surface area contributed by atoms with Crippen LogP contribution in [-0.2, 0) is 20.5 Å². The lowest BCUT2D eigenvalue weighted by Crippen LogP contribution is -2.19. The van der Waals surface area contributed by atoms with Crippen LogP contribution in [-0.4, -0.2) is 24.1 Å². The van der Waals surface area contributed by atoms with Crippen LogP contribution in [0.1, 0.15) is 18.4 Å². The van der Waals surface area contributed by atoms with Crippen LogP contribution in [0.25, 0.3) is 0 Å². The van der Waals surface area contributed by atoms with Crippen molar-refractivity contribution in [3.8, 4) is 6.07 Å². The number of halogens is 3. The standard InChI is InChI=1S/C15H13F3N2O4/c1-24-13(22)7-6-12(21)9(8-19)14(23)20-11-5-3-2-4-10(11)15(16,17)18/h2-5,21H,6-7H2,1H3,(H,20,23). The van der Waals surface area contributed by atoms with Gasteiger partial charge in [-0.25, -0.2) is 0 Å². The average Bonchev–Trinajstić information content (AvgIpc) is 2.52. The fraction of sp³-hybridized carbons (Fsp3) is 0.267. The van der Waals surface area contributed by atoms with Crippen LogP contribution in [0.3, 0.4) is 0 Å². The van der Waals surface area contributed by atoms with E-state index >= 15 is 0 Å². The van der Waals surface area contributed by atoms with Crippen LogP contribution in [0, 0.1) is 11.3 Å². The van der Waals surface area contributed by atoms with Gasteiger partial charge in [0.15, 0.2) is 5.57 Å². The lowest BCUT2D eigenvalue weighted by Gasteiger charge is -2.13. The Bertz CT molecular complexity index is 705. The van der Waals surface area contributed by atoms with E-state index < -0.39 is 40.6 Å². The van der Waals surface area contributed by atoms with Gasteiger partial charge < -0.3 is 15.2 Å². The van der Waals surface area contributed by atoms with E-state index in [1.165, 1.54) is 12.1 Å². The third-order valence-corrected chi connectivity index (χ3v) is 2.90. The molecule has 1 aromatic rings. The quantitative estimate of drug-likeness (QED) is 0.371. The van der Waals surface area contributed by atoms with Crippen molar-refractivity contribution in [1.29, 1.82) is 5.26 Å². The number of ether oxygens (including phenoxy) is 1. The molecule has 0 atom stereocenters. The van der Waals surface area contributed by atoms with Crippen LogP contribution < -0.4 is 5.32 Å². The van der Waals surface area contributed by atoms with Crippen molar-refractivity contribution in [3.63, 3.8) is 0 Å². The van der Waals surface area contributed by atoms with Gasteiger partial charge in [-0.3, -0.25) is 9.59 Å². The van der Waals surface area contributed by atoms with Gasteiger partial charge in [0.2, 0.25) is 0 Å². The number of anilines is 1. The molecular weight excluding hydrogens is 329 g/mol. The minimum absolute atomic E-state index is 0.292. The number of carbonyl (C=O) groups is 2. The third kappa shape index (κ3) is 5.01. The van der Waals surface area contributed by atoms with Crippen LogP contribution in [0.15, 0.2) is 35.6 Å². The summed E-state index contributed by atoms with van der Waals surface area (Å²) >= 11 is 0. The molecule has 0 radical (unpaired) electrons. The minimum Gasteiger partial charge on any atom is -0.511 e. The molecule has 6 nitrogen and oxygen atoms in total. The smallest absolute Gasteiger partial charge is 0.418 e. The summed E-state index contributed by atoms with van der Waals surface area (Å²) in [7, 11) is 1.12. The lowest BCUT2D eigenvalue weighted by atomic mass is 10.1. The number of hydrogen-bond acceptors (Lipinski definition) is 5. The molecule has 1 rings (SSSR count). The number of benzene rings is 1. The topological polar surface area (TPSA) is 99.4 Å². The summed E-state index contributed by atoms with van der Waals surface area (Å²) in [5.41, 5.74) is -2.43. The van der Waals surface area contributed by atoms with Crippen molar-refractivity contribution in [1.82, 2.24) is 0 Å². The van der Waals surface area contributed by atoms with Crippen molar-refractivity contribution < 1.29 is 32.6 Å². The van der Waals surface area contributed by atoms with Crippen LogP contribution in [0.2, 0.25) is 0 Å². The first-order chi connectivity index (χ1) is 11.2. The summed E-state index contributed by atoms with van der Waals surface area (Å²) < 4.78 is 42.9. The van der Waals surface area contributed by atoms with E-state index in [0.29, 0.717) is 0 Å². The lowest BCUT2D eigenvalue weighted by molar-refractivity contribution is -0.140. The molecule has 1 aromatic carbocycles. The summed E-state index contributed by atoms with van der Waals surface area (Å²) in [5, 5.41) is 20.6. The molecule has 0 spiro atoms. The number of carbonyl (C=O) groups excluding carboxylic acids is 2. The predicted octanol–water partition coefficient (Wildman–Crippen LogP) is 2.93. The summed E-state index contributed by atoms with van der Waals surface area (Å²) in [4.78, 5) is 22.9. The van der Waals surface area contributed by atoms with Crippen LogP contribution >= 0.6 is 0 Å². The van der Waals surface area contributed by atoms with E-state index in [-0.39, 0.29) is 12.8 Å². The molecule has 1 amide bonds. The molecule has 0 aliphatic heterocycles. The molecule has 0 bridgehead atoms. The Morgan fingerprint density at radius 3 is 2.46 bits per heavy atom. The van der Waals surface area contributed by atoms with E-state index in [9.17, 15) is 27.9 Å². The molecule has 0 aliphatic carbocycles. The van der Waals surface area contributed by atoms with Crippen molar-refractivity contribution >= 4 is 17.6 Å². The highest BCUT2D eigenvalue weighted by Gasteiger charge is 2.33. The second-order valence-electron chi connectivity index (χ2n) is 4.51. The number of nitriles is 1. The molecule has 0 unspecified atom stereocenters. The number of amides is 1. The molecule has 9 heteroatoms. The largest absolute Gasteiger partial charge is 0.511 e. The van der Waals surface area contributed by atoms with E-state index in [1.807, 2.05) is 5.32 Å². The Morgan fingerprint density at radius 1 is 1.29 bits per heavy atom. The second-order valence-corrected chi connectivity index (χ2v) is 4.51. The monoisotopic (exact) mass is 342 g/mol. The molecule has 0 heterocycles. The molecular formula is C15H13F3N2O4. The zero-order valence-electron chi connectivity index (χ0n) is 12.5. The maximum absolute atomic E-state index is 12.9. The van der Waals surface area contributed by atoms with Crippen LogP contribution in [0.4, 0.5) is 18.9 Å². The number of esters is 1. The molecule has 24 heavy (non-hydrogen) atoms. The predicted molar refractivity (Wildman–Crippen MR) is 76.6 cm³/mol. The van der Waals surface area contributed by atoms with Crippen molar-refractivity contribution in [2.45, 2.75) is 19.0 Å². The van der Waals surface area contributed by atoms with Gasteiger partial charge in [0.05, 0.1) is 24.8 Å². The first kappa shape index (κ1) is 19.0. The van der Waals surface area contributed by atoms with E-state index in [2.05, 4.69) is 4.74 Å². The number of nitrogens with zero attached hydrogens (tertiary/aromatic N) is 1. The molecule has 2 N–H and O–H groups in total. The minimum atomic E-state index is -4.70. The number of aliphatic hydroxyl groups is 1. The van der Waals surface area contributed by atoms with E-state index in [4.69, 9.17) is 5.26 Å². The van der Waals surface area contributed by atoms with Crippen molar-refractivity contribution in [2.24, 2.45) is 0 Å². The maximum Gasteiger partial charge on any atom is 0.418 e. The molecule has 128 valence electrons. The van der Waals surface area contributed by atoms with Gasteiger partial charge >= 0.3 is 12.1 Å². The van der Waals surface area contributed by atoms with Gasteiger partial charge in [-0.2, -0.15) is 18.4 Å². The van der Waals surface area contributed by atoms with Gasteiger partial charge in [0, 0.05) is 6.42 Å². The molecule has 0 aromatic heterocycles. The fourth-order valence-corrected chi connectivity index (χ4v) is 1.72. The molecule has 0 fully saturated rings. The van der Waals surface area contributed by atoms with Gasteiger partial charge in [-0.15, -0.1) is 0 Å². The van der Waals surface area contributed by atoms with Gasteiger partial charge in [0.25, 0.3) is 5.91 Å². The summed E-state index contributed by atoms with van der Waals surface area (Å²) in [6, 6.07) is 5.61. The number of nitrogens with one attached hydrogen (secondary N) is 1. The number of rotatable bonds is 5. The highest BCUT2D eigenvalue weighted by Crippen LogP contribution is 2.34. The van der Waals surface area contributed by atoms with E-state index in [1.54, 1.807) is 0 Å². The highest BCUT2D eigenvalue weighted by atomic mass is 19.4. The Morgan fingerprint density at radius 2 is 1.92 bits per heavy atom. The Labute approximate surface area is 135 Å². The van der Waals surface area contributed by atoms with Gasteiger partial charge in [-0.1, -0.05) is 12.1 Å². The van der Waals surface area contributed by atoms with Crippen molar-refractivity contribution in [2.75, 3.05) is 12.4 Å². The zero-order valence-corrected chi connectivity index (χ0v) is 12.5. The van der Waals surface area contributed by atoms with Gasteiger partial charge in [-0.05, 0) is 12.1 Å². The summed E-state index contributed by atoms with van der Waals surface area (Å²) in [6.07, 6.45) is -5.35. The first-order valence-electron chi connectivity index (χ1n) is 6.57. The van der Waals surface area contributed by atoms with Crippen molar-refractivity contribution in [3.05, 3.63) is 41.2 Å². The summed E-state index contributed by atoms with van der Waals surface area (Å²) in [5.74, 6) is -2.61. The second kappa shape index (κ2) is 8.01. The first-order valence-corrected chi connectivity index (χ1v) is 6.57. The number of hydrogen-bond donors (Lipinski definition) is 2. The Hall–Kier alpha value is -3.02. The fourth-order valence-electron chi connectivity index (χ4n) is 1.72. The maximum atomic E-state index is 12.9. The zero-order chi connectivity index (χ0) is 18.3. The SMILES string of the molecule is COC(=O)CCC(O)=C(C#N)C(=O)Nc1ccccc1C(F)(F)F. The van der Waals surface area contributed by atoms with Crippen LogP contribution in [0.5, 0.6) is 0 Å². The molecule has 0 aliphatic rings. The third-order valence-electron chi connectivity index (χ3n) is 2.90. The average molecular weight is 342 g/mol. The number of para-hydroxylation sites is 1. The Balaban J connectivity index is 3.01. The number of allylic oxidation sites excluding steroid dienone is 1. The Kier molecular flexibility index (Phi) is 6.35. The molecule has 0 saturated heterocycles. The molecule has 0 saturated carbocycles. The highest BCUT2D eigenvalue weighted by molar-refractivity contribution is 6.07. The number of alkyl halides is 3. The number of methoxy groups -OCH3 is 1. The number of aliphatic hydroxyl groups excluding tert-OH is 1. The van der Waals surface area contributed by atoms with E-state index in [0.717, 1.165) is 25.3 Å².